The van der Waals surface area contributed by atoms with Gasteiger partial charge in [0.15, 0.2) is 0 Å². The highest BCUT2D eigenvalue weighted by molar-refractivity contribution is 6.32. The molecule has 2 heterocycles. The molecular weight excluding hydrogens is 326 g/mol. The summed E-state index contributed by atoms with van der Waals surface area (Å²) >= 11 is 6.10. The standard InChI is InChI=1S/C18H12ClN3O2/c19-15-3-1-2-4-16(15)24-12-7-5-11(6-8-12)13-9-20-17-14(13)10-21-22-18(17)23/h1-10,20H,(H,22,23). The third-order valence-electron chi connectivity index (χ3n) is 3.74. The van der Waals surface area contributed by atoms with Crippen LogP contribution in [0.1, 0.15) is 0 Å². The number of benzene rings is 2. The van der Waals surface area contributed by atoms with Gasteiger partial charge in [0, 0.05) is 17.1 Å². The molecule has 2 aromatic carbocycles. The molecule has 118 valence electrons. The van der Waals surface area contributed by atoms with Gasteiger partial charge in [0.1, 0.15) is 17.0 Å². The number of aromatic nitrogens is 3. The van der Waals surface area contributed by atoms with Crippen LogP contribution < -0.4 is 10.3 Å². The lowest BCUT2D eigenvalue weighted by atomic mass is 10.1. The van der Waals surface area contributed by atoms with Gasteiger partial charge in [-0.25, -0.2) is 5.10 Å². The molecule has 0 saturated carbocycles. The Bertz CT molecular complexity index is 1070. The van der Waals surface area contributed by atoms with E-state index in [9.17, 15) is 4.79 Å². The number of ether oxygens (including phenoxy) is 1. The van der Waals surface area contributed by atoms with Crippen molar-refractivity contribution >= 4 is 22.5 Å². The third-order valence-corrected chi connectivity index (χ3v) is 4.05. The second-order valence-corrected chi connectivity index (χ2v) is 5.65. The molecule has 0 bridgehead atoms. The van der Waals surface area contributed by atoms with Crippen molar-refractivity contribution in [3.63, 3.8) is 0 Å². The predicted octanol–water partition coefficient (Wildman–Crippen LogP) is 4.36. The molecule has 0 saturated heterocycles. The first kappa shape index (κ1) is 14.5. The maximum Gasteiger partial charge on any atom is 0.288 e. The lowest BCUT2D eigenvalue weighted by Gasteiger charge is -2.08. The van der Waals surface area contributed by atoms with Gasteiger partial charge in [0.2, 0.25) is 0 Å². The van der Waals surface area contributed by atoms with Gasteiger partial charge in [-0.05, 0) is 29.8 Å². The van der Waals surface area contributed by atoms with Crippen LogP contribution in [0.2, 0.25) is 5.02 Å². The molecule has 2 N–H and O–H groups in total. The van der Waals surface area contributed by atoms with Crippen molar-refractivity contribution in [3.8, 4) is 22.6 Å². The van der Waals surface area contributed by atoms with Crippen molar-refractivity contribution < 1.29 is 4.74 Å². The zero-order chi connectivity index (χ0) is 16.5. The van der Waals surface area contributed by atoms with Crippen molar-refractivity contribution in [2.24, 2.45) is 0 Å². The zero-order valence-electron chi connectivity index (χ0n) is 12.4. The van der Waals surface area contributed by atoms with E-state index in [1.807, 2.05) is 42.5 Å². The van der Waals surface area contributed by atoms with E-state index in [4.69, 9.17) is 16.3 Å². The summed E-state index contributed by atoms with van der Waals surface area (Å²) in [6, 6.07) is 14.9. The van der Waals surface area contributed by atoms with Gasteiger partial charge >= 0.3 is 0 Å². The molecule has 2 aromatic heterocycles. The summed E-state index contributed by atoms with van der Waals surface area (Å²) in [4.78, 5) is 14.7. The normalized spacial score (nSPS) is 10.9. The number of halogens is 1. The van der Waals surface area contributed by atoms with Crippen LogP contribution in [0.15, 0.2) is 65.7 Å². The minimum Gasteiger partial charge on any atom is -0.456 e. The summed E-state index contributed by atoms with van der Waals surface area (Å²) in [5.74, 6) is 1.29. The minimum atomic E-state index is -0.238. The minimum absolute atomic E-state index is 0.238. The van der Waals surface area contributed by atoms with E-state index in [2.05, 4.69) is 15.2 Å². The Hall–Kier alpha value is -3.05. The summed E-state index contributed by atoms with van der Waals surface area (Å²) in [6.45, 7) is 0. The first-order valence-corrected chi connectivity index (χ1v) is 7.68. The van der Waals surface area contributed by atoms with Gasteiger partial charge in [-0.2, -0.15) is 5.10 Å². The first-order valence-electron chi connectivity index (χ1n) is 7.30. The van der Waals surface area contributed by atoms with E-state index in [1.54, 1.807) is 18.5 Å². The number of para-hydroxylation sites is 1. The number of fused-ring (bicyclic) bond motifs is 1. The van der Waals surface area contributed by atoms with E-state index in [-0.39, 0.29) is 5.56 Å². The summed E-state index contributed by atoms with van der Waals surface area (Å²) in [7, 11) is 0. The van der Waals surface area contributed by atoms with E-state index in [0.29, 0.717) is 22.0 Å². The predicted molar refractivity (Wildman–Crippen MR) is 93.7 cm³/mol. The number of nitrogens with one attached hydrogen (secondary N) is 2. The Morgan fingerprint density at radius 2 is 1.83 bits per heavy atom. The van der Waals surface area contributed by atoms with Crippen LogP contribution in [0.25, 0.3) is 22.0 Å². The average Bonchev–Trinajstić information content (AvgIpc) is 3.03. The number of rotatable bonds is 3. The highest BCUT2D eigenvalue weighted by Gasteiger charge is 2.09. The molecule has 0 unspecified atom stereocenters. The molecule has 4 aromatic rings. The molecular formula is C18H12ClN3O2. The van der Waals surface area contributed by atoms with Crippen LogP contribution >= 0.6 is 11.6 Å². The molecule has 0 radical (unpaired) electrons. The summed E-state index contributed by atoms with van der Waals surface area (Å²) in [6.07, 6.45) is 3.43. The number of hydrogen-bond donors (Lipinski definition) is 2. The second kappa shape index (κ2) is 5.86. The van der Waals surface area contributed by atoms with Crippen LogP contribution in [0.5, 0.6) is 11.5 Å². The Morgan fingerprint density at radius 1 is 1.04 bits per heavy atom. The summed E-state index contributed by atoms with van der Waals surface area (Å²) < 4.78 is 5.78. The topological polar surface area (TPSA) is 70.8 Å². The van der Waals surface area contributed by atoms with Crippen LogP contribution in [-0.2, 0) is 0 Å². The number of aromatic amines is 2. The summed E-state index contributed by atoms with van der Waals surface area (Å²) in [5.41, 5.74) is 2.14. The number of nitrogens with zero attached hydrogens (tertiary/aromatic N) is 1. The maximum absolute atomic E-state index is 11.7. The van der Waals surface area contributed by atoms with Crippen LogP contribution in [0, 0.1) is 0 Å². The number of hydrogen-bond acceptors (Lipinski definition) is 3. The molecule has 0 atom stereocenters. The van der Waals surface area contributed by atoms with Crippen LogP contribution in [0.4, 0.5) is 0 Å². The van der Waals surface area contributed by atoms with Crippen molar-refractivity contribution in [2.75, 3.05) is 0 Å². The van der Waals surface area contributed by atoms with E-state index < -0.39 is 0 Å². The fraction of sp³-hybridized carbons (Fsp3) is 0. The molecule has 0 spiro atoms. The smallest absolute Gasteiger partial charge is 0.288 e. The van der Waals surface area contributed by atoms with Crippen LogP contribution in [0.3, 0.4) is 0 Å². The number of H-pyrrole nitrogens is 2. The van der Waals surface area contributed by atoms with E-state index in [0.717, 1.165) is 16.5 Å². The molecule has 4 rings (SSSR count). The highest BCUT2D eigenvalue weighted by atomic mass is 35.5. The molecule has 0 amide bonds. The fourth-order valence-corrected chi connectivity index (χ4v) is 2.74. The Labute approximate surface area is 141 Å². The first-order chi connectivity index (χ1) is 11.7. The van der Waals surface area contributed by atoms with Crippen molar-refractivity contribution in [3.05, 3.63) is 76.3 Å². The molecule has 5 nitrogen and oxygen atoms in total. The van der Waals surface area contributed by atoms with E-state index >= 15 is 0 Å². The molecule has 6 heteroatoms. The van der Waals surface area contributed by atoms with Crippen molar-refractivity contribution in [1.29, 1.82) is 0 Å². The van der Waals surface area contributed by atoms with Gasteiger partial charge in [0.05, 0.1) is 11.2 Å². The lowest BCUT2D eigenvalue weighted by molar-refractivity contribution is 0.483. The second-order valence-electron chi connectivity index (χ2n) is 5.25. The van der Waals surface area contributed by atoms with Crippen molar-refractivity contribution in [1.82, 2.24) is 15.2 Å². The van der Waals surface area contributed by atoms with E-state index in [1.165, 1.54) is 0 Å². The average molecular weight is 338 g/mol. The monoisotopic (exact) mass is 337 g/mol. The van der Waals surface area contributed by atoms with Gasteiger partial charge in [-0.3, -0.25) is 4.79 Å². The van der Waals surface area contributed by atoms with Gasteiger partial charge in [-0.15, -0.1) is 0 Å². The SMILES string of the molecule is O=c1[nH]ncc2c(-c3ccc(Oc4ccccc4Cl)cc3)c[nH]c12. The molecule has 0 aliphatic rings. The quantitative estimate of drug-likeness (QED) is 0.583. The molecule has 0 aliphatic heterocycles. The maximum atomic E-state index is 11.7. The zero-order valence-corrected chi connectivity index (χ0v) is 13.2. The van der Waals surface area contributed by atoms with Crippen LogP contribution in [-0.4, -0.2) is 15.2 Å². The molecule has 0 aliphatic carbocycles. The lowest BCUT2D eigenvalue weighted by Crippen LogP contribution is -2.06. The largest absolute Gasteiger partial charge is 0.456 e. The van der Waals surface area contributed by atoms with Gasteiger partial charge in [-0.1, -0.05) is 35.9 Å². The Balaban J connectivity index is 1.67. The highest BCUT2D eigenvalue weighted by Crippen LogP contribution is 2.31. The Morgan fingerprint density at radius 3 is 2.62 bits per heavy atom. The van der Waals surface area contributed by atoms with Crippen molar-refractivity contribution in [2.45, 2.75) is 0 Å². The third kappa shape index (κ3) is 2.55. The molecule has 24 heavy (non-hydrogen) atoms. The molecule has 0 fully saturated rings. The summed E-state index contributed by atoms with van der Waals surface area (Å²) in [5, 5.41) is 7.60. The van der Waals surface area contributed by atoms with Gasteiger partial charge < -0.3 is 9.72 Å². The van der Waals surface area contributed by atoms with Gasteiger partial charge in [0.25, 0.3) is 5.56 Å². The Kier molecular flexibility index (Phi) is 3.55. The fourth-order valence-electron chi connectivity index (χ4n) is 2.56.